The van der Waals surface area contributed by atoms with Crippen LogP contribution in [0.25, 0.3) is 28.5 Å². The molecule has 0 spiro atoms. The van der Waals surface area contributed by atoms with E-state index in [2.05, 4.69) is 31.1 Å². The molecular weight excluding hydrogens is 454 g/mol. The smallest absolute Gasteiger partial charge is 0.224 e. The standard InChI is InChI=1S/C26H19N9O/c1-34-26-22(23(33-34)20-8-10-30-15-32-20)21(19(13-27)24(28)36-26)16-4-6-18(7-5-16)35-12-11-31-25(35)17-3-2-9-29-14-17/h2-12,14-15,21H,28H2,1H3. The summed E-state index contributed by atoms with van der Waals surface area (Å²) in [5.41, 5.74) is 11.2. The van der Waals surface area contributed by atoms with Gasteiger partial charge in [0, 0.05) is 49.3 Å². The largest absolute Gasteiger partial charge is 0.422 e. The van der Waals surface area contributed by atoms with E-state index in [0.29, 0.717) is 22.8 Å². The third-order valence-electron chi connectivity index (χ3n) is 6.09. The Bertz CT molecular complexity index is 1630. The first-order valence-electron chi connectivity index (χ1n) is 11.1. The van der Waals surface area contributed by atoms with Crippen LogP contribution in [0.5, 0.6) is 5.88 Å². The Labute approximate surface area is 206 Å². The summed E-state index contributed by atoms with van der Waals surface area (Å²) < 4.78 is 9.44. The number of nitrogens with zero attached hydrogens (tertiary/aromatic N) is 8. The van der Waals surface area contributed by atoms with E-state index in [9.17, 15) is 5.26 Å². The van der Waals surface area contributed by atoms with Gasteiger partial charge in [-0.1, -0.05) is 12.1 Å². The molecule has 2 N–H and O–H groups in total. The first kappa shape index (κ1) is 21.2. The Morgan fingerprint density at radius 1 is 1.03 bits per heavy atom. The van der Waals surface area contributed by atoms with Crippen LogP contribution in [0, 0.1) is 11.3 Å². The lowest BCUT2D eigenvalue weighted by molar-refractivity contribution is 0.358. The highest BCUT2D eigenvalue weighted by molar-refractivity contribution is 5.69. The number of rotatable bonds is 4. The molecule has 0 bridgehead atoms. The summed E-state index contributed by atoms with van der Waals surface area (Å²) in [4.78, 5) is 17.1. The topological polar surface area (TPSA) is 133 Å². The first-order valence-corrected chi connectivity index (χ1v) is 11.1. The van der Waals surface area contributed by atoms with Gasteiger partial charge in [0.15, 0.2) is 0 Å². The molecular formula is C26H19N9O. The lowest BCUT2D eigenvalue weighted by Crippen LogP contribution is -2.22. The number of hydrogen-bond donors (Lipinski definition) is 1. The summed E-state index contributed by atoms with van der Waals surface area (Å²) in [7, 11) is 1.77. The van der Waals surface area contributed by atoms with Gasteiger partial charge in [-0.05, 0) is 35.9 Å². The highest BCUT2D eigenvalue weighted by Crippen LogP contribution is 2.46. The number of benzene rings is 1. The number of ether oxygens (including phenoxy) is 1. The van der Waals surface area contributed by atoms with Crippen molar-refractivity contribution >= 4 is 0 Å². The maximum absolute atomic E-state index is 10.0. The van der Waals surface area contributed by atoms with Crippen LogP contribution in [-0.2, 0) is 7.05 Å². The molecule has 5 heterocycles. The van der Waals surface area contributed by atoms with Crippen molar-refractivity contribution in [2.75, 3.05) is 0 Å². The maximum Gasteiger partial charge on any atom is 0.224 e. The second-order valence-corrected chi connectivity index (χ2v) is 8.16. The van der Waals surface area contributed by atoms with Crippen molar-refractivity contribution in [3.63, 3.8) is 0 Å². The Morgan fingerprint density at radius 2 is 1.89 bits per heavy atom. The van der Waals surface area contributed by atoms with Gasteiger partial charge in [0.1, 0.15) is 29.5 Å². The number of aromatic nitrogens is 7. The number of nitrogens with two attached hydrogens (primary N) is 1. The second-order valence-electron chi connectivity index (χ2n) is 8.16. The highest BCUT2D eigenvalue weighted by Gasteiger charge is 2.37. The zero-order valence-electron chi connectivity index (χ0n) is 19.1. The molecule has 0 aliphatic carbocycles. The van der Waals surface area contributed by atoms with Crippen LogP contribution in [0.1, 0.15) is 17.0 Å². The normalized spacial score (nSPS) is 14.7. The Hall–Kier alpha value is -5.30. The molecule has 10 heteroatoms. The molecule has 0 radical (unpaired) electrons. The van der Waals surface area contributed by atoms with Crippen molar-refractivity contribution in [2.24, 2.45) is 12.8 Å². The molecule has 1 aromatic carbocycles. The molecule has 36 heavy (non-hydrogen) atoms. The number of allylic oxidation sites excluding steroid dienone is 1. The molecule has 6 rings (SSSR count). The summed E-state index contributed by atoms with van der Waals surface area (Å²) in [6.07, 6.45) is 10.3. The molecule has 10 nitrogen and oxygen atoms in total. The van der Waals surface area contributed by atoms with Gasteiger partial charge in [-0.2, -0.15) is 10.4 Å². The van der Waals surface area contributed by atoms with E-state index in [4.69, 9.17) is 10.5 Å². The summed E-state index contributed by atoms with van der Waals surface area (Å²) in [5, 5.41) is 14.7. The van der Waals surface area contributed by atoms with Crippen LogP contribution in [0.2, 0.25) is 0 Å². The predicted octanol–water partition coefficient (Wildman–Crippen LogP) is 3.34. The van der Waals surface area contributed by atoms with Gasteiger partial charge in [-0.3, -0.25) is 9.55 Å². The molecule has 0 amide bonds. The lowest BCUT2D eigenvalue weighted by Gasteiger charge is -2.25. The summed E-state index contributed by atoms with van der Waals surface area (Å²) in [6, 6.07) is 15.8. The zero-order chi connectivity index (χ0) is 24.6. The van der Waals surface area contributed by atoms with Gasteiger partial charge in [0.2, 0.25) is 11.8 Å². The van der Waals surface area contributed by atoms with E-state index in [-0.39, 0.29) is 5.88 Å². The molecule has 0 saturated heterocycles. The predicted molar refractivity (Wildman–Crippen MR) is 130 cm³/mol. The van der Waals surface area contributed by atoms with Crippen molar-refractivity contribution in [3.8, 4) is 40.4 Å². The monoisotopic (exact) mass is 473 g/mol. The van der Waals surface area contributed by atoms with E-state index in [1.165, 1.54) is 6.33 Å². The van der Waals surface area contributed by atoms with Gasteiger partial charge in [0.25, 0.3) is 0 Å². The van der Waals surface area contributed by atoms with E-state index in [1.54, 1.807) is 42.6 Å². The Balaban J connectivity index is 1.46. The van der Waals surface area contributed by atoms with E-state index in [0.717, 1.165) is 28.2 Å². The van der Waals surface area contributed by atoms with Crippen molar-refractivity contribution in [3.05, 3.63) is 102 Å². The molecule has 1 atom stereocenters. The third-order valence-corrected chi connectivity index (χ3v) is 6.09. The van der Waals surface area contributed by atoms with Gasteiger partial charge in [0.05, 0.1) is 17.2 Å². The minimum Gasteiger partial charge on any atom is -0.422 e. The van der Waals surface area contributed by atoms with Crippen LogP contribution in [-0.4, -0.2) is 34.3 Å². The third kappa shape index (κ3) is 3.38. The summed E-state index contributed by atoms with van der Waals surface area (Å²) in [5.74, 6) is 0.837. The molecule has 174 valence electrons. The molecule has 5 aromatic rings. The van der Waals surface area contributed by atoms with Crippen molar-refractivity contribution < 1.29 is 4.74 Å². The molecule has 0 saturated carbocycles. The SMILES string of the molecule is Cn1nc(-c2ccncn2)c2c1OC(N)=C(C#N)C2c1ccc(-n2ccnc2-c2cccnc2)cc1. The molecule has 4 aromatic heterocycles. The molecule has 1 unspecified atom stereocenters. The van der Waals surface area contributed by atoms with Crippen LogP contribution in [0.15, 0.2) is 91.2 Å². The first-order chi connectivity index (χ1) is 17.7. The van der Waals surface area contributed by atoms with Crippen LogP contribution < -0.4 is 10.5 Å². The minimum atomic E-state index is -0.480. The fourth-order valence-electron chi connectivity index (χ4n) is 4.47. The minimum absolute atomic E-state index is 0.0600. The van der Waals surface area contributed by atoms with Crippen molar-refractivity contribution in [2.45, 2.75) is 5.92 Å². The molecule has 1 aliphatic rings. The quantitative estimate of drug-likeness (QED) is 0.420. The maximum atomic E-state index is 10.0. The number of hydrogen-bond acceptors (Lipinski definition) is 8. The van der Waals surface area contributed by atoms with Crippen molar-refractivity contribution in [1.82, 2.24) is 34.3 Å². The number of imidazole rings is 1. The number of fused-ring (bicyclic) bond motifs is 1. The zero-order valence-corrected chi connectivity index (χ0v) is 19.1. The van der Waals surface area contributed by atoms with E-state index in [1.807, 2.05) is 47.2 Å². The van der Waals surface area contributed by atoms with Crippen LogP contribution in [0.4, 0.5) is 0 Å². The fraction of sp³-hybridized carbons (Fsp3) is 0.0769. The fourth-order valence-corrected chi connectivity index (χ4v) is 4.47. The van der Waals surface area contributed by atoms with Gasteiger partial charge >= 0.3 is 0 Å². The van der Waals surface area contributed by atoms with Gasteiger partial charge in [-0.25, -0.2) is 19.6 Å². The highest BCUT2D eigenvalue weighted by atomic mass is 16.5. The van der Waals surface area contributed by atoms with Gasteiger partial charge in [-0.15, -0.1) is 0 Å². The number of pyridine rings is 1. The molecule has 0 fully saturated rings. The van der Waals surface area contributed by atoms with E-state index >= 15 is 0 Å². The lowest BCUT2D eigenvalue weighted by atomic mass is 9.83. The van der Waals surface area contributed by atoms with Crippen LogP contribution in [0.3, 0.4) is 0 Å². The Kier molecular flexibility index (Phi) is 5.01. The van der Waals surface area contributed by atoms with Gasteiger partial charge < -0.3 is 10.5 Å². The second kappa shape index (κ2) is 8.48. The van der Waals surface area contributed by atoms with E-state index < -0.39 is 5.92 Å². The molecule has 1 aliphatic heterocycles. The van der Waals surface area contributed by atoms with Crippen LogP contribution >= 0.6 is 0 Å². The summed E-state index contributed by atoms with van der Waals surface area (Å²) >= 11 is 0. The average Bonchev–Trinajstić information content (AvgIpc) is 3.54. The van der Waals surface area contributed by atoms with Crippen molar-refractivity contribution in [1.29, 1.82) is 5.26 Å². The summed E-state index contributed by atoms with van der Waals surface area (Å²) in [6.45, 7) is 0. The number of nitriles is 1. The number of aryl methyl sites for hydroxylation is 1. The average molecular weight is 474 g/mol. The Morgan fingerprint density at radius 3 is 2.61 bits per heavy atom.